The van der Waals surface area contributed by atoms with E-state index in [1.54, 1.807) is 23.1 Å². The van der Waals surface area contributed by atoms with Crippen LogP contribution in [0.15, 0.2) is 73.4 Å². The van der Waals surface area contributed by atoms with Crippen LogP contribution in [0.4, 0.5) is 5.69 Å². The number of nitrogens with one attached hydrogen (secondary N) is 2. The smallest absolute Gasteiger partial charge is 0.263 e. The lowest BCUT2D eigenvalue weighted by molar-refractivity contribution is -0.115. The maximum atomic E-state index is 12.3. The lowest BCUT2D eigenvalue weighted by Crippen LogP contribution is -2.32. The van der Waals surface area contributed by atoms with Gasteiger partial charge in [0.25, 0.3) is 5.91 Å². The summed E-state index contributed by atoms with van der Waals surface area (Å²) >= 11 is 1.28. The van der Waals surface area contributed by atoms with Crippen LogP contribution < -0.4 is 10.6 Å². The van der Waals surface area contributed by atoms with Gasteiger partial charge in [-0.05, 0) is 24.3 Å². The standard InChI is InChI=1S/C20H16N6O2S/c27-18(25-15-6-8-16(9-7-15)26-13-21-12-24-26)11-22-19(28)17-10-23-20(29-17)14-4-2-1-3-5-14/h1-10,12-13H,11H2,(H,22,28)(H,25,27). The van der Waals surface area contributed by atoms with Gasteiger partial charge in [-0.1, -0.05) is 30.3 Å². The van der Waals surface area contributed by atoms with Crippen molar-refractivity contribution < 1.29 is 9.59 Å². The highest BCUT2D eigenvalue weighted by Gasteiger charge is 2.13. The molecule has 0 spiro atoms. The first kappa shape index (κ1) is 18.5. The molecule has 0 atom stereocenters. The second kappa shape index (κ2) is 8.44. The van der Waals surface area contributed by atoms with Crippen molar-refractivity contribution in [2.24, 2.45) is 0 Å². The maximum absolute atomic E-state index is 12.3. The Bertz CT molecular complexity index is 1110. The van der Waals surface area contributed by atoms with Crippen molar-refractivity contribution in [3.05, 3.63) is 78.3 Å². The molecule has 2 aromatic carbocycles. The molecule has 2 heterocycles. The Kier molecular flexibility index (Phi) is 5.39. The number of thiazole rings is 1. The summed E-state index contributed by atoms with van der Waals surface area (Å²) in [6.45, 7) is -0.137. The third-order valence-electron chi connectivity index (χ3n) is 3.99. The van der Waals surface area contributed by atoms with Crippen molar-refractivity contribution in [2.75, 3.05) is 11.9 Å². The molecule has 0 radical (unpaired) electrons. The normalized spacial score (nSPS) is 10.5. The molecule has 8 nitrogen and oxygen atoms in total. The third kappa shape index (κ3) is 4.53. The van der Waals surface area contributed by atoms with Gasteiger partial charge in [0.05, 0.1) is 18.4 Å². The highest BCUT2D eigenvalue weighted by Crippen LogP contribution is 2.24. The molecule has 4 aromatic rings. The van der Waals surface area contributed by atoms with Crippen molar-refractivity contribution in [3.63, 3.8) is 0 Å². The molecule has 2 aromatic heterocycles. The van der Waals surface area contributed by atoms with E-state index in [1.807, 2.05) is 42.5 Å². The Balaban J connectivity index is 1.30. The van der Waals surface area contributed by atoms with Crippen LogP contribution in [0.3, 0.4) is 0 Å². The van der Waals surface area contributed by atoms with Crippen LogP contribution in [-0.2, 0) is 4.79 Å². The van der Waals surface area contributed by atoms with Crippen molar-refractivity contribution in [1.82, 2.24) is 25.1 Å². The summed E-state index contributed by atoms with van der Waals surface area (Å²) in [5.74, 6) is -0.652. The van der Waals surface area contributed by atoms with E-state index in [0.717, 1.165) is 16.3 Å². The average Bonchev–Trinajstić information content (AvgIpc) is 3.46. The van der Waals surface area contributed by atoms with Crippen molar-refractivity contribution in [2.45, 2.75) is 0 Å². The van der Waals surface area contributed by atoms with Crippen LogP contribution in [0.5, 0.6) is 0 Å². The largest absolute Gasteiger partial charge is 0.342 e. The van der Waals surface area contributed by atoms with Gasteiger partial charge in [0, 0.05) is 11.3 Å². The molecule has 2 N–H and O–H groups in total. The fourth-order valence-corrected chi connectivity index (χ4v) is 3.42. The van der Waals surface area contributed by atoms with Gasteiger partial charge in [0.2, 0.25) is 5.91 Å². The summed E-state index contributed by atoms with van der Waals surface area (Å²) in [6, 6.07) is 16.8. The second-order valence-electron chi connectivity index (χ2n) is 6.01. The third-order valence-corrected chi connectivity index (χ3v) is 5.04. The SMILES string of the molecule is O=C(CNC(=O)c1cnc(-c2ccccc2)s1)Nc1ccc(-n2cncn2)cc1. The molecule has 29 heavy (non-hydrogen) atoms. The van der Waals surface area contributed by atoms with E-state index in [1.165, 1.54) is 23.9 Å². The molecule has 0 saturated heterocycles. The zero-order valence-corrected chi connectivity index (χ0v) is 16.0. The Morgan fingerprint density at radius 2 is 1.83 bits per heavy atom. The Morgan fingerprint density at radius 3 is 2.55 bits per heavy atom. The molecule has 4 rings (SSSR count). The number of carbonyl (C=O) groups is 2. The number of hydrogen-bond donors (Lipinski definition) is 2. The van der Waals surface area contributed by atoms with Crippen LogP contribution in [0, 0.1) is 0 Å². The number of aromatic nitrogens is 4. The quantitative estimate of drug-likeness (QED) is 0.515. The number of amides is 2. The number of carbonyl (C=O) groups excluding carboxylic acids is 2. The van der Waals surface area contributed by atoms with Gasteiger partial charge < -0.3 is 10.6 Å². The molecule has 0 aliphatic rings. The summed E-state index contributed by atoms with van der Waals surface area (Å²) in [5.41, 5.74) is 2.40. The average molecular weight is 404 g/mol. The molecule has 0 aliphatic carbocycles. The maximum Gasteiger partial charge on any atom is 0.263 e. The van der Waals surface area contributed by atoms with Crippen LogP contribution in [-0.4, -0.2) is 38.1 Å². The van der Waals surface area contributed by atoms with Gasteiger partial charge in [0.1, 0.15) is 22.5 Å². The number of anilines is 1. The number of rotatable bonds is 6. The van der Waals surface area contributed by atoms with E-state index >= 15 is 0 Å². The summed E-state index contributed by atoms with van der Waals surface area (Å²) in [4.78, 5) is 33.0. The molecule has 2 amide bonds. The van der Waals surface area contributed by atoms with Crippen LogP contribution in [0.25, 0.3) is 16.3 Å². The summed E-state index contributed by atoms with van der Waals surface area (Å²) in [5, 5.41) is 10.2. The van der Waals surface area contributed by atoms with Gasteiger partial charge in [0.15, 0.2) is 0 Å². The Labute approximate surface area is 170 Å². The van der Waals surface area contributed by atoms with Gasteiger partial charge in [-0.15, -0.1) is 11.3 Å². The molecular formula is C20H16N6O2S. The first-order valence-corrected chi connectivity index (χ1v) is 9.55. The Hall–Kier alpha value is -3.85. The topological polar surface area (TPSA) is 102 Å². The van der Waals surface area contributed by atoms with E-state index in [4.69, 9.17) is 0 Å². The highest BCUT2D eigenvalue weighted by atomic mass is 32.1. The van der Waals surface area contributed by atoms with E-state index in [-0.39, 0.29) is 18.4 Å². The molecule has 0 aliphatic heterocycles. The van der Waals surface area contributed by atoms with E-state index in [0.29, 0.717) is 10.6 Å². The number of benzene rings is 2. The van der Waals surface area contributed by atoms with E-state index in [9.17, 15) is 9.59 Å². The lowest BCUT2D eigenvalue weighted by Gasteiger charge is -2.07. The van der Waals surface area contributed by atoms with Gasteiger partial charge in [-0.3, -0.25) is 9.59 Å². The summed E-state index contributed by atoms with van der Waals surface area (Å²) in [7, 11) is 0. The van der Waals surface area contributed by atoms with Crippen molar-refractivity contribution >= 4 is 28.8 Å². The molecule has 144 valence electrons. The van der Waals surface area contributed by atoms with Crippen LogP contribution >= 0.6 is 11.3 Å². The zero-order chi connectivity index (χ0) is 20.1. The second-order valence-corrected chi connectivity index (χ2v) is 7.04. The fraction of sp³-hybridized carbons (Fsp3) is 0.0500. The van der Waals surface area contributed by atoms with Gasteiger partial charge in [-0.25, -0.2) is 14.6 Å². The number of hydrogen-bond acceptors (Lipinski definition) is 6. The van der Waals surface area contributed by atoms with E-state index < -0.39 is 0 Å². The molecule has 9 heteroatoms. The van der Waals surface area contributed by atoms with Gasteiger partial charge in [-0.2, -0.15) is 5.10 Å². The predicted octanol–water partition coefficient (Wildman–Crippen LogP) is 2.76. The van der Waals surface area contributed by atoms with E-state index in [2.05, 4.69) is 25.7 Å². The fourth-order valence-electron chi connectivity index (χ4n) is 2.59. The minimum Gasteiger partial charge on any atom is -0.342 e. The molecular weight excluding hydrogens is 388 g/mol. The van der Waals surface area contributed by atoms with Crippen LogP contribution in [0.2, 0.25) is 0 Å². The first-order chi connectivity index (χ1) is 14.2. The molecule has 0 unspecified atom stereocenters. The van der Waals surface area contributed by atoms with Crippen LogP contribution in [0.1, 0.15) is 9.67 Å². The Morgan fingerprint density at radius 1 is 1.03 bits per heavy atom. The monoisotopic (exact) mass is 404 g/mol. The predicted molar refractivity (Wildman–Crippen MR) is 110 cm³/mol. The molecule has 0 saturated carbocycles. The minimum atomic E-state index is -0.332. The molecule has 0 fully saturated rings. The minimum absolute atomic E-state index is 0.137. The zero-order valence-electron chi connectivity index (χ0n) is 15.1. The van der Waals surface area contributed by atoms with Gasteiger partial charge >= 0.3 is 0 Å². The summed E-state index contributed by atoms with van der Waals surface area (Å²) < 4.78 is 1.62. The first-order valence-electron chi connectivity index (χ1n) is 8.73. The highest BCUT2D eigenvalue weighted by molar-refractivity contribution is 7.16. The van der Waals surface area contributed by atoms with Crippen molar-refractivity contribution in [1.29, 1.82) is 0 Å². The lowest BCUT2D eigenvalue weighted by atomic mass is 10.2. The molecule has 0 bridgehead atoms. The number of nitrogens with zero attached hydrogens (tertiary/aromatic N) is 4. The summed E-state index contributed by atoms with van der Waals surface area (Å²) in [6.07, 6.45) is 4.55. The van der Waals surface area contributed by atoms with Crippen molar-refractivity contribution in [3.8, 4) is 16.3 Å².